The first kappa shape index (κ1) is 12.3. The Morgan fingerprint density at radius 1 is 0.462 bits per heavy atom. The summed E-state index contributed by atoms with van der Waals surface area (Å²) < 4.78 is 0. The average Bonchev–Trinajstić information content (AvgIpc) is 2.24. The molecule has 0 bridgehead atoms. The molecule has 0 saturated carbocycles. The van der Waals surface area contributed by atoms with Gasteiger partial charge in [-0.2, -0.15) is 9.90 Å². The minimum absolute atomic E-state index is 0. The van der Waals surface area contributed by atoms with Crippen LogP contribution in [0, 0.1) is 0 Å². The second-order valence-electron chi connectivity index (χ2n) is 2.18. The van der Waals surface area contributed by atoms with Crippen LogP contribution in [0.2, 0.25) is 0 Å². The Hall–Kier alpha value is -0.700. The van der Waals surface area contributed by atoms with Gasteiger partial charge >= 0.3 is 0 Å². The fourth-order valence-corrected chi connectivity index (χ4v) is 1.19. The fraction of sp³-hybridized carbons (Fsp3) is 0. The van der Waals surface area contributed by atoms with Crippen LogP contribution < -0.4 is 0 Å². The zero-order valence-corrected chi connectivity index (χ0v) is 9.81. The molecule has 0 aliphatic rings. The normalized spacial score (nSPS) is 7.38. The molecule has 0 fully saturated rings. The molecule has 0 aliphatic carbocycles. The van der Waals surface area contributed by atoms with Gasteiger partial charge < -0.3 is 0 Å². The molecule has 0 aliphatic heterocycles. The summed E-state index contributed by atoms with van der Waals surface area (Å²) in [5, 5.41) is 0. The predicted molar refractivity (Wildman–Crippen MR) is 66.5 cm³/mol. The molecule has 1 heterocycles. The minimum Gasteiger partial charge on any atom is -0.153 e. The lowest BCUT2D eigenvalue weighted by Gasteiger charge is -1.69. The summed E-state index contributed by atoms with van der Waals surface area (Å²) in [4.78, 5) is 0. The second-order valence-corrected chi connectivity index (χ2v) is 3.07. The average molecular weight is 208 g/mol. The molecular weight excluding hydrogens is 194 g/mol. The van der Waals surface area contributed by atoms with E-state index in [9.17, 15) is 0 Å². The highest BCUT2D eigenvalue weighted by Crippen LogP contribution is 1.98. The summed E-state index contributed by atoms with van der Waals surface area (Å²) in [6, 6.07) is 18.1. The third-order valence-electron chi connectivity index (χ3n) is 1.23. The number of rotatable bonds is 0. The first-order chi connectivity index (χ1) is 6.00. The third kappa shape index (κ3) is 7.65. The fourth-order valence-electron chi connectivity index (χ4n) is 0.698. The van der Waals surface area contributed by atoms with Gasteiger partial charge in [0.05, 0.1) is 0 Å². The highest BCUT2D eigenvalue weighted by Gasteiger charge is 1.59. The standard InChI is InChI=1S/C6H6.C5H5P.H3P/c2*1-2-4-6-5-3-1;/h1-6H;1-5H;1H3. The third-order valence-corrected chi connectivity index (χ3v) is 1.92. The second kappa shape index (κ2) is 9.39. The van der Waals surface area contributed by atoms with Crippen LogP contribution >= 0.6 is 18.1 Å². The highest BCUT2D eigenvalue weighted by molar-refractivity contribution is 7.28. The van der Waals surface area contributed by atoms with Crippen molar-refractivity contribution >= 4 is 18.1 Å². The van der Waals surface area contributed by atoms with Crippen LogP contribution in [0.25, 0.3) is 0 Å². The molecule has 68 valence electrons. The Labute approximate surface area is 84.7 Å². The van der Waals surface area contributed by atoms with Crippen LogP contribution in [-0.4, -0.2) is 0 Å². The van der Waals surface area contributed by atoms with Gasteiger partial charge in [0.1, 0.15) is 0 Å². The molecular formula is C11H14P2. The lowest BCUT2D eigenvalue weighted by Crippen LogP contribution is -1.47. The molecule has 13 heavy (non-hydrogen) atoms. The van der Waals surface area contributed by atoms with E-state index in [-0.39, 0.29) is 9.90 Å². The molecule has 0 spiro atoms. The zero-order chi connectivity index (χ0) is 8.49. The summed E-state index contributed by atoms with van der Waals surface area (Å²) in [6.45, 7) is 0. The number of benzene rings is 1. The van der Waals surface area contributed by atoms with Crippen molar-refractivity contribution in [2.45, 2.75) is 0 Å². The van der Waals surface area contributed by atoms with E-state index in [2.05, 4.69) is 11.6 Å². The van der Waals surface area contributed by atoms with Crippen molar-refractivity contribution in [1.82, 2.24) is 0 Å². The van der Waals surface area contributed by atoms with Crippen molar-refractivity contribution in [3.05, 3.63) is 66.2 Å². The Morgan fingerprint density at radius 3 is 0.923 bits per heavy atom. The molecule has 0 amide bonds. The molecule has 0 N–H and O–H groups in total. The van der Waals surface area contributed by atoms with Crippen LogP contribution in [-0.2, 0) is 0 Å². The molecule has 0 radical (unpaired) electrons. The highest BCUT2D eigenvalue weighted by atomic mass is 31.0. The van der Waals surface area contributed by atoms with Gasteiger partial charge in [-0.25, -0.2) is 0 Å². The zero-order valence-electron chi connectivity index (χ0n) is 7.51. The minimum atomic E-state index is 0. The molecule has 1 aromatic heterocycles. The van der Waals surface area contributed by atoms with Crippen molar-refractivity contribution in [3.63, 3.8) is 0 Å². The van der Waals surface area contributed by atoms with Gasteiger partial charge in [0.2, 0.25) is 0 Å². The molecule has 2 aromatic rings. The summed E-state index contributed by atoms with van der Waals surface area (Å²) in [5.41, 5.74) is 0. The summed E-state index contributed by atoms with van der Waals surface area (Å²) >= 11 is 0. The summed E-state index contributed by atoms with van der Waals surface area (Å²) in [7, 11) is 1.31. The summed E-state index contributed by atoms with van der Waals surface area (Å²) in [5.74, 6) is 4.19. The van der Waals surface area contributed by atoms with Crippen molar-refractivity contribution in [2.75, 3.05) is 0 Å². The smallest absolute Gasteiger partial charge is 0.0347 e. The molecule has 2 rings (SSSR count). The first-order valence-corrected chi connectivity index (χ1v) is 4.88. The molecule has 0 saturated heterocycles. The van der Waals surface area contributed by atoms with Crippen LogP contribution in [0.3, 0.4) is 0 Å². The summed E-state index contributed by atoms with van der Waals surface area (Å²) in [6.07, 6.45) is 0. The maximum atomic E-state index is 2.10. The Bertz CT molecular complexity index is 183. The number of hydrogen-bond donors (Lipinski definition) is 0. The van der Waals surface area contributed by atoms with Gasteiger partial charge in [0.15, 0.2) is 0 Å². The monoisotopic (exact) mass is 208 g/mol. The molecule has 1 unspecified atom stereocenters. The Kier molecular flexibility index (Phi) is 8.88. The lowest BCUT2D eigenvalue weighted by molar-refractivity contribution is 1.72. The molecule has 1 aromatic carbocycles. The Morgan fingerprint density at radius 2 is 0.769 bits per heavy atom. The van der Waals surface area contributed by atoms with Crippen LogP contribution in [0.1, 0.15) is 0 Å². The van der Waals surface area contributed by atoms with Gasteiger partial charge in [-0.15, -0.1) is 0 Å². The van der Waals surface area contributed by atoms with Crippen molar-refractivity contribution < 1.29 is 0 Å². The van der Waals surface area contributed by atoms with Gasteiger partial charge in [-0.1, -0.05) is 62.8 Å². The van der Waals surface area contributed by atoms with E-state index in [0.717, 1.165) is 0 Å². The SMILES string of the molecule is P.c1ccccc1.c1ccpcc1. The quantitative estimate of drug-likeness (QED) is 0.574. The largest absolute Gasteiger partial charge is 0.153 e. The van der Waals surface area contributed by atoms with E-state index < -0.39 is 0 Å². The first-order valence-electron chi connectivity index (χ1n) is 3.85. The maximum absolute atomic E-state index is 2.10. The lowest BCUT2D eigenvalue weighted by atomic mass is 10.4. The van der Waals surface area contributed by atoms with E-state index >= 15 is 0 Å². The van der Waals surface area contributed by atoms with Gasteiger partial charge in [-0.3, -0.25) is 0 Å². The van der Waals surface area contributed by atoms with Crippen molar-refractivity contribution in [2.24, 2.45) is 0 Å². The molecule has 2 heteroatoms. The van der Waals surface area contributed by atoms with E-state index in [1.54, 1.807) is 0 Å². The van der Waals surface area contributed by atoms with Crippen LogP contribution in [0.5, 0.6) is 0 Å². The van der Waals surface area contributed by atoms with Gasteiger partial charge in [0, 0.05) is 0 Å². The van der Waals surface area contributed by atoms with E-state index in [0.29, 0.717) is 0 Å². The van der Waals surface area contributed by atoms with Gasteiger partial charge in [0.25, 0.3) is 0 Å². The van der Waals surface area contributed by atoms with Crippen LogP contribution in [0.15, 0.2) is 66.2 Å². The number of hydrogen-bond acceptors (Lipinski definition) is 0. The van der Waals surface area contributed by atoms with E-state index in [4.69, 9.17) is 0 Å². The van der Waals surface area contributed by atoms with Gasteiger partial charge in [-0.05, 0) is 11.6 Å². The Balaban J connectivity index is 0.000000206. The molecule has 0 nitrogen and oxygen atoms in total. The topological polar surface area (TPSA) is 0 Å². The molecule has 1 atom stereocenters. The van der Waals surface area contributed by atoms with Crippen LogP contribution in [0.4, 0.5) is 0 Å². The van der Waals surface area contributed by atoms with Crippen molar-refractivity contribution in [3.8, 4) is 0 Å². The van der Waals surface area contributed by atoms with Crippen molar-refractivity contribution in [1.29, 1.82) is 0 Å². The van der Waals surface area contributed by atoms with E-state index in [1.807, 2.05) is 54.6 Å². The van der Waals surface area contributed by atoms with E-state index in [1.165, 1.54) is 8.19 Å². The maximum Gasteiger partial charge on any atom is -0.0347 e. The predicted octanol–water partition coefficient (Wildman–Crippen LogP) is 4.01.